The molecule has 7 rings (SSSR count). The van der Waals surface area contributed by atoms with Crippen LogP contribution < -0.4 is 0 Å². The second-order valence-corrected chi connectivity index (χ2v) is 11.6. The summed E-state index contributed by atoms with van der Waals surface area (Å²) in [6.07, 6.45) is 9.39. The van der Waals surface area contributed by atoms with E-state index in [0.717, 1.165) is 38.5 Å². The van der Waals surface area contributed by atoms with E-state index in [1.165, 1.54) is 5.57 Å². The molecule has 2 aliphatic heterocycles. The quantitative estimate of drug-likeness (QED) is 0.684. The number of aliphatic hydroxyl groups is 1. The molecule has 1 N–H and O–H groups in total. The third-order valence-corrected chi connectivity index (χ3v) is 10.4. The molecule has 6 aliphatic rings. The highest BCUT2D eigenvalue weighted by molar-refractivity contribution is 5.91. The molecule has 2 saturated heterocycles. The fourth-order valence-electron chi connectivity index (χ4n) is 9.11. The number of nitrogens with zero attached hydrogens (tertiary/aromatic N) is 1. The number of rotatable bonds is 3. The third kappa shape index (κ3) is 2.61. The second-order valence-electron chi connectivity index (χ2n) is 11.6. The summed E-state index contributed by atoms with van der Waals surface area (Å²) in [5.41, 5.74) is 1.32. The first-order chi connectivity index (χ1) is 16.3. The summed E-state index contributed by atoms with van der Waals surface area (Å²) in [6.45, 7) is 2.13. The highest BCUT2D eigenvalue weighted by atomic mass is 16.8. The van der Waals surface area contributed by atoms with Crippen molar-refractivity contribution in [2.24, 2.45) is 34.5 Å². The number of aromatic nitrogens is 1. The van der Waals surface area contributed by atoms with Crippen molar-refractivity contribution in [3.63, 3.8) is 0 Å². The minimum Gasteiger partial charge on any atom is -0.455 e. The lowest BCUT2D eigenvalue weighted by Gasteiger charge is -2.57. The molecule has 1 aromatic rings. The molecule has 5 fully saturated rings. The monoisotopic (exact) mass is 465 g/mol. The Labute approximate surface area is 198 Å². The van der Waals surface area contributed by atoms with Gasteiger partial charge >= 0.3 is 5.97 Å². The van der Waals surface area contributed by atoms with Gasteiger partial charge in [0.05, 0.1) is 6.10 Å². The summed E-state index contributed by atoms with van der Waals surface area (Å²) in [7, 11) is 0. The van der Waals surface area contributed by atoms with Crippen molar-refractivity contribution in [1.82, 2.24) is 4.98 Å². The number of ketones is 1. The van der Waals surface area contributed by atoms with Gasteiger partial charge in [-0.3, -0.25) is 4.79 Å². The minimum atomic E-state index is -1.54. The molecule has 34 heavy (non-hydrogen) atoms. The Morgan fingerprint density at radius 2 is 2.15 bits per heavy atom. The van der Waals surface area contributed by atoms with E-state index in [4.69, 9.17) is 14.2 Å². The van der Waals surface area contributed by atoms with Crippen molar-refractivity contribution in [2.45, 2.75) is 70.1 Å². The molecular weight excluding hydrogens is 434 g/mol. The van der Waals surface area contributed by atoms with E-state index in [1.54, 1.807) is 24.4 Å². The lowest BCUT2D eigenvalue weighted by molar-refractivity contribution is -0.280. The second kappa shape index (κ2) is 6.99. The van der Waals surface area contributed by atoms with Gasteiger partial charge in [-0.25, -0.2) is 9.78 Å². The van der Waals surface area contributed by atoms with Crippen molar-refractivity contribution in [3.05, 3.63) is 41.7 Å². The summed E-state index contributed by atoms with van der Waals surface area (Å²) in [6, 6.07) is 5.07. The van der Waals surface area contributed by atoms with E-state index >= 15 is 0 Å². The lowest BCUT2D eigenvalue weighted by Crippen LogP contribution is -2.55. The molecule has 3 saturated carbocycles. The highest BCUT2D eigenvalue weighted by Gasteiger charge is 2.78. The fraction of sp³-hybridized carbons (Fsp3) is 0.667. The van der Waals surface area contributed by atoms with E-state index in [9.17, 15) is 14.7 Å². The lowest BCUT2D eigenvalue weighted by atomic mass is 9.46. The molecule has 7 heteroatoms. The van der Waals surface area contributed by atoms with Crippen LogP contribution in [0.15, 0.2) is 36.0 Å². The van der Waals surface area contributed by atoms with Gasteiger partial charge < -0.3 is 19.3 Å². The van der Waals surface area contributed by atoms with Gasteiger partial charge in [0.25, 0.3) is 0 Å². The molecule has 1 aromatic heterocycles. The zero-order chi connectivity index (χ0) is 23.3. The normalized spacial score (nSPS) is 48.1. The first kappa shape index (κ1) is 21.2. The maximum atomic E-state index is 12.5. The van der Waals surface area contributed by atoms with Crippen molar-refractivity contribution in [3.8, 4) is 0 Å². The van der Waals surface area contributed by atoms with E-state index in [-0.39, 0.29) is 40.9 Å². The molecular formula is C27H31NO6. The van der Waals surface area contributed by atoms with Crippen LogP contribution >= 0.6 is 0 Å². The molecule has 7 nitrogen and oxygen atoms in total. The van der Waals surface area contributed by atoms with Gasteiger partial charge in [0.15, 0.2) is 12.1 Å². The number of ether oxygens (including phenoxy) is 3. The highest BCUT2D eigenvalue weighted by Crippen LogP contribution is 2.75. The largest absolute Gasteiger partial charge is 0.455 e. The van der Waals surface area contributed by atoms with Gasteiger partial charge in [-0.05, 0) is 79.9 Å². The van der Waals surface area contributed by atoms with Crippen LogP contribution in [-0.4, -0.2) is 46.6 Å². The van der Waals surface area contributed by atoms with E-state index in [2.05, 4.69) is 11.9 Å². The van der Waals surface area contributed by atoms with Crippen LogP contribution in [0.5, 0.6) is 0 Å². The van der Waals surface area contributed by atoms with Crippen LogP contribution in [0, 0.1) is 34.5 Å². The molecule has 1 spiro atoms. The minimum absolute atomic E-state index is 0.00828. The van der Waals surface area contributed by atoms with Crippen LogP contribution in [0.2, 0.25) is 0 Å². The van der Waals surface area contributed by atoms with Crippen LogP contribution in [0.1, 0.15) is 62.4 Å². The van der Waals surface area contributed by atoms with Gasteiger partial charge in [-0.15, -0.1) is 0 Å². The predicted molar refractivity (Wildman–Crippen MR) is 119 cm³/mol. The number of hydrogen-bond acceptors (Lipinski definition) is 7. The number of fused-ring (bicyclic) bond motifs is 6. The topological polar surface area (TPSA) is 95.0 Å². The Bertz CT molecular complexity index is 1090. The van der Waals surface area contributed by atoms with Gasteiger partial charge in [0.2, 0.25) is 5.79 Å². The Morgan fingerprint density at radius 3 is 2.97 bits per heavy atom. The van der Waals surface area contributed by atoms with Crippen LogP contribution in [-0.2, 0) is 19.0 Å². The average Bonchev–Trinajstić information content (AvgIpc) is 3.43. The van der Waals surface area contributed by atoms with Gasteiger partial charge in [-0.2, -0.15) is 0 Å². The zero-order valence-electron chi connectivity index (χ0n) is 19.4. The maximum Gasteiger partial charge on any atom is 0.357 e. The van der Waals surface area contributed by atoms with Crippen molar-refractivity contribution in [1.29, 1.82) is 0 Å². The Balaban J connectivity index is 1.16. The number of carbonyl (C=O) groups is 2. The fourth-order valence-corrected chi connectivity index (χ4v) is 9.11. The van der Waals surface area contributed by atoms with Gasteiger partial charge in [-0.1, -0.05) is 18.6 Å². The zero-order valence-corrected chi connectivity index (χ0v) is 19.4. The smallest absolute Gasteiger partial charge is 0.357 e. The summed E-state index contributed by atoms with van der Waals surface area (Å²) in [5.74, 6) is -0.640. The molecule has 0 aromatic carbocycles. The SMILES string of the molecule is C[C@]12CCC(=O)C=C1CC[C@@H]1[C@@H]2[C@@H]2C[C@]34C(O2)OC(O)(COC(=O)c2ccccn2)[C@H]3CC[C@@H]14. The molecule has 180 valence electrons. The summed E-state index contributed by atoms with van der Waals surface area (Å²) in [4.78, 5) is 28.7. The van der Waals surface area contributed by atoms with E-state index < -0.39 is 18.0 Å². The standard InChI is InChI=1S/C27H31NO6/c1-25-10-9-16(29)12-15(25)5-6-17-18-7-8-21-26(18)13-20(22(17)25)33-24(26)34-27(21,31)14-32-23(30)19-4-2-3-11-28-19/h2-4,11-12,17-18,20-22,24,31H,5-10,13-14H2,1H3/t17-,18-,20-,21-,22+,24?,25-,26+,27?/m0/s1. The van der Waals surface area contributed by atoms with Gasteiger partial charge in [0.1, 0.15) is 12.3 Å². The number of hydrogen-bond donors (Lipinski definition) is 1. The molecule has 2 unspecified atom stereocenters. The third-order valence-electron chi connectivity index (χ3n) is 10.4. The van der Waals surface area contributed by atoms with Gasteiger partial charge in [0, 0.05) is 24.0 Å². The maximum absolute atomic E-state index is 12.5. The molecule has 0 radical (unpaired) electrons. The molecule has 2 bridgehead atoms. The van der Waals surface area contributed by atoms with Crippen LogP contribution in [0.4, 0.5) is 0 Å². The average molecular weight is 466 g/mol. The first-order valence-electron chi connectivity index (χ1n) is 12.7. The van der Waals surface area contributed by atoms with E-state index in [0.29, 0.717) is 24.2 Å². The molecule has 9 atom stereocenters. The molecule has 3 heterocycles. The van der Waals surface area contributed by atoms with Crippen molar-refractivity contribution >= 4 is 11.8 Å². The van der Waals surface area contributed by atoms with Crippen LogP contribution in [0.25, 0.3) is 0 Å². The number of pyridine rings is 1. The van der Waals surface area contributed by atoms with Crippen LogP contribution in [0.3, 0.4) is 0 Å². The van der Waals surface area contributed by atoms with Crippen molar-refractivity contribution in [2.75, 3.05) is 6.61 Å². The number of carbonyl (C=O) groups excluding carboxylic acids is 2. The Kier molecular flexibility index (Phi) is 4.36. The first-order valence-corrected chi connectivity index (χ1v) is 12.7. The Hall–Kier alpha value is -2.09. The Morgan fingerprint density at radius 1 is 1.26 bits per heavy atom. The summed E-state index contributed by atoms with van der Waals surface area (Å²) < 4.78 is 18.4. The molecule has 4 aliphatic carbocycles. The molecule has 0 amide bonds. The van der Waals surface area contributed by atoms with Crippen molar-refractivity contribution < 1.29 is 28.9 Å². The predicted octanol–water partition coefficient (Wildman–Crippen LogP) is 3.42. The summed E-state index contributed by atoms with van der Waals surface area (Å²) in [5, 5.41) is 11.6. The summed E-state index contributed by atoms with van der Waals surface area (Å²) >= 11 is 0. The van der Waals surface area contributed by atoms with E-state index in [1.807, 2.05) is 6.08 Å². The number of esters is 1. The number of allylic oxidation sites excluding steroid dienone is 1.